The summed E-state index contributed by atoms with van der Waals surface area (Å²) in [7, 11) is 0. The average molecular weight is 163 g/mol. The minimum absolute atomic E-state index is 0.211. The Balaban J connectivity index is 0.000000120. The molecule has 1 amide bonds. The van der Waals surface area contributed by atoms with Crippen molar-refractivity contribution in [3.05, 3.63) is 24.3 Å². The molecule has 0 heterocycles. The van der Waals surface area contributed by atoms with Gasteiger partial charge in [-0.05, 0) is 17.5 Å². The number of benzene rings is 1. The third-order valence-corrected chi connectivity index (χ3v) is 1.71. The van der Waals surface area contributed by atoms with Crippen LogP contribution in [0.2, 0.25) is 0 Å². The maximum absolute atomic E-state index is 9.82. The molecule has 2 aliphatic rings. The van der Waals surface area contributed by atoms with Gasteiger partial charge in [0.2, 0.25) is 5.91 Å². The second-order valence-electron chi connectivity index (χ2n) is 2.79. The topological polar surface area (TPSA) is 43.1 Å². The molecule has 0 aliphatic heterocycles. The van der Waals surface area contributed by atoms with Crippen molar-refractivity contribution in [2.45, 2.75) is 19.8 Å². The highest BCUT2D eigenvalue weighted by molar-refractivity contribution is 5.75. The Morgan fingerprint density at radius 2 is 1.67 bits per heavy atom. The van der Waals surface area contributed by atoms with E-state index in [2.05, 4.69) is 24.3 Å². The van der Waals surface area contributed by atoms with E-state index in [1.165, 1.54) is 11.1 Å². The smallest absolute Gasteiger partial charge is 0.217 e. The zero-order chi connectivity index (χ0) is 8.97. The molecule has 0 spiro atoms. The summed E-state index contributed by atoms with van der Waals surface area (Å²) in [6.07, 6.45) is 1.37. The van der Waals surface area contributed by atoms with Crippen LogP contribution in [-0.4, -0.2) is 5.91 Å². The lowest BCUT2D eigenvalue weighted by Gasteiger charge is -2.10. The monoisotopic (exact) mass is 163 g/mol. The van der Waals surface area contributed by atoms with Gasteiger partial charge in [-0.3, -0.25) is 4.79 Å². The minimum Gasteiger partial charge on any atom is -0.370 e. The Labute approximate surface area is 72.4 Å². The molecule has 0 saturated heterocycles. The first-order chi connectivity index (χ1) is 5.74. The van der Waals surface area contributed by atoms with Gasteiger partial charge in [-0.15, -0.1) is 0 Å². The molecule has 64 valence electrons. The first-order valence-electron chi connectivity index (χ1n) is 4.12. The Hall–Kier alpha value is -1.31. The summed E-state index contributed by atoms with van der Waals surface area (Å²) in [5, 5.41) is 0. The fourth-order valence-corrected chi connectivity index (χ4v) is 0.909. The maximum Gasteiger partial charge on any atom is 0.217 e. The van der Waals surface area contributed by atoms with Gasteiger partial charge in [-0.2, -0.15) is 0 Å². The van der Waals surface area contributed by atoms with Crippen molar-refractivity contribution < 1.29 is 4.79 Å². The Bertz CT molecular complexity index is 243. The predicted octanol–water partition coefficient (Wildman–Crippen LogP) is 1.94. The fraction of sp³-hybridized carbons (Fsp3) is 0.300. The molecule has 2 aliphatic carbocycles. The number of hydrogen-bond donors (Lipinski definition) is 1. The van der Waals surface area contributed by atoms with Crippen LogP contribution in [0.3, 0.4) is 0 Å². The number of fused-ring (bicyclic) bond motifs is 1. The number of amides is 1. The van der Waals surface area contributed by atoms with Crippen molar-refractivity contribution in [1.82, 2.24) is 0 Å². The summed E-state index contributed by atoms with van der Waals surface area (Å²) in [5.74, 6) is -0.211. The molecule has 2 heteroatoms. The zero-order valence-electron chi connectivity index (χ0n) is 7.21. The molecule has 12 heavy (non-hydrogen) atoms. The van der Waals surface area contributed by atoms with Crippen LogP contribution in [0.25, 0.3) is 11.1 Å². The van der Waals surface area contributed by atoms with E-state index in [4.69, 9.17) is 5.73 Å². The van der Waals surface area contributed by atoms with Crippen molar-refractivity contribution in [2.24, 2.45) is 5.73 Å². The number of nitrogens with two attached hydrogens (primary N) is 1. The molecular weight excluding hydrogens is 150 g/mol. The molecule has 0 unspecified atom stereocenters. The van der Waals surface area contributed by atoms with E-state index >= 15 is 0 Å². The number of carbonyl (C=O) groups is 1. The molecule has 2 N–H and O–H groups in total. The largest absolute Gasteiger partial charge is 0.370 e. The summed E-state index contributed by atoms with van der Waals surface area (Å²) in [6.45, 7) is 1.92. The Morgan fingerprint density at radius 3 is 1.67 bits per heavy atom. The van der Waals surface area contributed by atoms with Crippen LogP contribution in [0.1, 0.15) is 19.8 Å². The third-order valence-electron chi connectivity index (χ3n) is 1.71. The van der Waals surface area contributed by atoms with Crippen LogP contribution >= 0.6 is 0 Å². The molecule has 0 radical (unpaired) electrons. The van der Waals surface area contributed by atoms with Crippen molar-refractivity contribution >= 4 is 5.91 Å². The molecule has 0 bridgehead atoms. The zero-order valence-corrected chi connectivity index (χ0v) is 7.21. The van der Waals surface area contributed by atoms with E-state index in [0.717, 1.165) is 6.42 Å². The molecule has 2 rings (SSSR count). The van der Waals surface area contributed by atoms with Gasteiger partial charge in [0.05, 0.1) is 0 Å². The van der Waals surface area contributed by atoms with E-state index in [-0.39, 0.29) is 5.91 Å². The molecule has 0 aromatic rings. The van der Waals surface area contributed by atoms with Gasteiger partial charge in [-0.1, -0.05) is 31.2 Å². The van der Waals surface area contributed by atoms with Gasteiger partial charge in [-0.25, -0.2) is 0 Å². The van der Waals surface area contributed by atoms with E-state index < -0.39 is 0 Å². The summed E-state index contributed by atoms with van der Waals surface area (Å²) in [4.78, 5) is 9.82. The van der Waals surface area contributed by atoms with Crippen molar-refractivity contribution in [1.29, 1.82) is 0 Å². The van der Waals surface area contributed by atoms with Crippen LogP contribution in [-0.2, 0) is 4.79 Å². The molecular formula is C10H13NO. The van der Waals surface area contributed by atoms with Gasteiger partial charge in [0.15, 0.2) is 0 Å². The Morgan fingerprint density at radius 1 is 1.25 bits per heavy atom. The van der Waals surface area contributed by atoms with Gasteiger partial charge in [0, 0.05) is 6.42 Å². The number of primary amides is 1. The molecule has 0 saturated carbocycles. The maximum atomic E-state index is 9.82. The van der Waals surface area contributed by atoms with Crippen LogP contribution < -0.4 is 5.73 Å². The van der Waals surface area contributed by atoms with Gasteiger partial charge in [0.1, 0.15) is 0 Å². The van der Waals surface area contributed by atoms with Gasteiger partial charge >= 0.3 is 0 Å². The molecule has 2 nitrogen and oxygen atoms in total. The van der Waals surface area contributed by atoms with Crippen LogP contribution in [0.15, 0.2) is 24.3 Å². The van der Waals surface area contributed by atoms with Crippen molar-refractivity contribution in [3.8, 4) is 11.1 Å². The highest BCUT2D eigenvalue weighted by atomic mass is 16.1. The van der Waals surface area contributed by atoms with Gasteiger partial charge in [0.25, 0.3) is 0 Å². The quantitative estimate of drug-likeness (QED) is 0.722. The highest BCUT2D eigenvalue weighted by Gasteiger charge is 2.03. The lowest BCUT2D eigenvalue weighted by Crippen LogP contribution is -2.08. The number of hydrogen-bond acceptors (Lipinski definition) is 1. The fourth-order valence-electron chi connectivity index (χ4n) is 0.909. The highest BCUT2D eigenvalue weighted by Crippen LogP contribution is 2.29. The second kappa shape index (κ2) is 3.90. The van der Waals surface area contributed by atoms with Crippen LogP contribution in [0.4, 0.5) is 0 Å². The summed E-state index contributed by atoms with van der Waals surface area (Å²) in [6, 6.07) is 8.48. The van der Waals surface area contributed by atoms with Gasteiger partial charge < -0.3 is 5.73 Å². The molecule has 0 aromatic heterocycles. The van der Waals surface area contributed by atoms with E-state index in [1.54, 1.807) is 0 Å². The lowest BCUT2D eigenvalue weighted by atomic mass is 9.95. The summed E-state index contributed by atoms with van der Waals surface area (Å²) < 4.78 is 0. The minimum atomic E-state index is -0.211. The van der Waals surface area contributed by atoms with Crippen LogP contribution in [0.5, 0.6) is 0 Å². The first kappa shape index (κ1) is 8.78. The average Bonchev–Trinajstić information content (AvgIpc) is 1.98. The predicted molar refractivity (Wildman–Crippen MR) is 49.5 cm³/mol. The molecule has 0 atom stereocenters. The standard InChI is InChI=1S/C6H4.C4H9NO/c1-2-6-4-3-5(1)6;1-2-3-4(5)6/h1-4H;2-3H2,1H3,(H2,5,6). The Kier molecular flexibility index (Phi) is 2.86. The summed E-state index contributed by atoms with van der Waals surface area (Å²) in [5.41, 5.74) is 7.62. The van der Waals surface area contributed by atoms with Crippen molar-refractivity contribution in [2.75, 3.05) is 0 Å². The van der Waals surface area contributed by atoms with E-state index in [1.807, 2.05) is 6.92 Å². The number of rotatable bonds is 2. The van der Waals surface area contributed by atoms with Crippen molar-refractivity contribution in [3.63, 3.8) is 0 Å². The van der Waals surface area contributed by atoms with E-state index in [0.29, 0.717) is 6.42 Å². The molecule has 0 fully saturated rings. The van der Waals surface area contributed by atoms with Crippen LogP contribution in [0, 0.1) is 0 Å². The molecule has 0 aromatic carbocycles. The second-order valence-corrected chi connectivity index (χ2v) is 2.79. The third kappa shape index (κ3) is 2.09. The normalized spacial score (nSPS) is 9.75. The lowest BCUT2D eigenvalue weighted by molar-refractivity contribution is -0.118. The van der Waals surface area contributed by atoms with E-state index in [9.17, 15) is 4.79 Å². The number of carbonyl (C=O) groups excluding carboxylic acids is 1. The summed E-state index contributed by atoms with van der Waals surface area (Å²) >= 11 is 0. The first-order valence-corrected chi connectivity index (χ1v) is 4.12. The SMILES string of the molecule is CCCC(N)=O.c1cc2ccc1-2.